The van der Waals surface area contributed by atoms with Crippen molar-refractivity contribution in [1.82, 2.24) is 14.6 Å². The average molecular weight is 288 g/mol. The summed E-state index contributed by atoms with van der Waals surface area (Å²) in [5.74, 6) is -0.456. The van der Waals surface area contributed by atoms with Crippen LogP contribution in [-0.2, 0) is 4.74 Å². The van der Waals surface area contributed by atoms with Gasteiger partial charge in [-0.25, -0.2) is 14.3 Å². The molecule has 21 heavy (non-hydrogen) atoms. The van der Waals surface area contributed by atoms with Gasteiger partial charge in [0.05, 0.1) is 13.2 Å². The van der Waals surface area contributed by atoms with Gasteiger partial charge >= 0.3 is 5.97 Å². The summed E-state index contributed by atoms with van der Waals surface area (Å²) < 4.78 is 6.86. The van der Waals surface area contributed by atoms with Gasteiger partial charge in [-0.3, -0.25) is 0 Å². The highest BCUT2D eigenvalue weighted by molar-refractivity contribution is 6.00. The van der Waals surface area contributed by atoms with Crippen LogP contribution in [0.2, 0.25) is 0 Å². The number of rotatable bonds is 2. The molecule has 7 nitrogen and oxygen atoms in total. The van der Waals surface area contributed by atoms with Gasteiger partial charge in [0, 0.05) is 30.9 Å². The lowest BCUT2D eigenvalue weighted by Crippen LogP contribution is -2.51. The molecule has 4 heterocycles. The van der Waals surface area contributed by atoms with Gasteiger partial charge in [0.1, 0.15) is 5.56 Å². The zero-order valence-electron chi connectivity index (χ0n) is 11.5. The molecule has 0 bridgehead atoms. The Balaban J connectivity index is 1.70. The molecular weight excluding hydrogens is 272 g/mol. The Morgan fingerprint density at radius 1 is 1.33 bits per heavy atom. The fourth-order valence-electron chi connectivity index (χ4n) is 3.16. The van der Waals surface area contributed by atoms with Crippen LogP contribution in [0.4, 0.5) is 5.82 Å². The lowest BCUT2D eigenvalue weighted by Gasteiger charge is -2.47. The average Bonchev–Trinajstić information content (AvgIpc) is 2.85. The summed E-state index contributed by atoms with van der Waals surface area (Å²) in [6.07, 6.45) is 5.36. The van der Waals surface area contributed by atoms with Crippen molar-refractivity contribution in [1.29, 1.82) is 0 Å². The molecule has 2 fully saturated rings. The van der Waals surface area contributed by atoms with Crippen molar-refractivity contribution in [2.24, 2.45) is 5.41 Å². The number of carboxylic acid groups (broad SMARTS) is 1. The SMILES string of the molecule is O=C(O)c1c(N2CCC3(CC2)COC3)nn2cccnc12. The summed E-state index contributed by atoms with van der Waals surface area (Å²) in [6, 6.07) is 1.74. The first-order valence-corrected chi connectivity index (χ1v) is 7.08. The molecule has 1 spiro atoms. The van der Waals surface area contributed by atoms with Crippen molar-refractivity contribution >= 4 is 17.4 Å². The smallest absolute Gasteiger partial charge is 0.343 e. The van der Waals surface area contributed by atoms with E-state index >= 15 is 0 Å². The first-order chi connectivity index (χ1) is 10.2. The Labute approximate surface area is 121 Å². The van der Waals surface area contributed by atoms with E-state index in [4.69, 9.17) is 4.74 Å². The number of aromatic nitrogens is 3. The highest BCUT2D eigenvalue weighted by Gasteiger charge is 2.42. The van der Waals surface area contributed by atoms with E-state index in [1.807, 2.05) is 0 Å². The van der Waals surface area contributed by atoms with Crippen molar-refractivity contribution in [2.75, 3.05) is 31.2 Å². The van der Waals surface area contributed by atoms with E-state index in [9.17, 15) is 9.90 Å². The number of nitrogens with zero attached hydrogens (tertiary/aromatic N) is 4. The number of carboxylic acids is 1. The maximum absolute atomic E-state index is 11.6. The van der Waals surface area contributed by atoms with Crippen LogP contribution in [0, 0.1) is 5.41 Å². The van der Waals surface area contributed by atoms with E-state index in [0.29, 0.717) is 16.9 Å². The van der Waals surface area contributed by atoms with Crippen molar-refractivity contribution in [2.45, 2.75) is 12.8 Å². The van der Waals surface area contributed by atoms with Crippen LogP contribution in [0.15, 0.2) is 18.5 Å². The molecule has 7 heteroatoms. The van der Waals surface area contributed by atoms with Gasteiger partial charge in [0.15, 0.2) is 11.5 Å². The zero-order valence-corrected chi connectivity index (χ0v) is 11.5. The topological polar surface area (TPSA) is 80.0 Å². The van der Waals surface area contributed by atoms with Crippen LogP contribution in [0.3, 0.4) is 0 Å². The molecule has 0 atom stereocenters. The summed E-state index contributed by atoms with van der Waals surface area (Å²) in [5.41, 5.74) is 0.903. The predicted molar refractivity (Wildman–Crippen MR) is 74.6 cm³/mol. The van der Waals surface area contributed by atoms with Crippen LogP contribution in [0.1, 0.15) is 23.2 Å². The number of fused-ring (bicyclic) bond motifs is 1. The molecule has 0 amide bonds. The molecule has 0 aliphatic carbocycles. The summed E-state index contributed by atoms with van der Waals surface area (Å²) >= 11 is 0. The van der Waals surface area contributed by atoms with Crippen molar-refractivity contribution in [3.8, 4) is 0 Å². The second-order valence-corrected chi connectivity index (χ2v) is 5.87. The van der Waals surface area contributed by atoms with Gasteiger partial charge in [-0.2, -0.15) is 0 Å². The third-order valence-electron chi connectivity index (χ3n) is 4.53. The molecule has 1 N–H and O–H groups in total. The van der Waals surface area contributed by atoms with Crippen LogP contribution < -0.4 is 4.90 Å². The van der Waals surface area contributed by atoms with Crippen LogP contribution in [0.25, 0.3) is 5.65 Å². The van der Waals surface area contributed by atoms with Crippen molar-refractivity contribution in [3.63, 3.8) is 0 Å². The Morgan fingerprint density at radius 2 is 2.10 bits per heavy atom. The first-order valence-electron chi connectivity index (χ1n) is 7.08. The highest BCUT2D eigenvalue weighted by Crippen LogP contribution is 2.40. The predicted octanol–water partition coefficient (Wildman–Crippen LogP) is 1.04. The number of hydrogen-bond donors (Lipinski definition) is 1. The molecule has 4 rings (SSSR count). The Hall–Kier alpha value is -2.15. The molecule has 2 aliphatic heterocycles. The standard InChI is InChI=1S/C14H16N4O3/c19-13(20)10-11-15-4-1-5-18(11)16-12(10)17-6-2-14(3-7-17)8-21-9-14/h1,4-5H,2-3,6-9H2,(H,19,20). The normalized spacial score (nSPS) is 20.7. The molecule has 2 aromatic rings. The summed E-state index contributed by atoms with van der Waals surface area (Å²) in [6.45, 7) is 3.29. The summed E-state index contributed by atoms with van der Waals surface area (Å²) in [4.78, 5) is 17.8. The van der Waals surface area contributed by atoms with E-state index in [1.54, 1.807) is 18.5 Å². The van der Waals surface area contributed by atoms with Gasteiger partial charge in [0.25, 0.3) is 0 Å². The minimum Gasteiger partial charge on any atom is -0.477 e. The number of aromatic carboxylic acids is 1. The minimum absolute atomic E-state index is 0.191. The van der Waals surface area contributed by atoms with E-state index in [1.165, 1.54) is 4.52 Å². The molecule has 110 valence electrons. The quantitative estimate of drug-likeness (QED) is 0.889. The molecule has 2 aromatic heterocycles. The van der Waals surface area contributed by atoms with Gasteiger partial charge in [-0.15, -0.1) is 5.10 Å². The number of ether oxygens (including phenoxy) is 1. The number of hydrogen-bond acceptors (Lipinski definition) is 5. The van der Waals surface area contributed by atoms with Gasteiger partial charge in [-0.05, 0) is 18.9 Å². The lowest BCUT2D eigenvalue weighted by molar-refractivity contribution is -0.124. The molecule has 0 saturated carbocycles. The van der Waals surface area contributed by atoms with E-state index in [0.717, 1.165) is 39.1 Å². The van der Waals surface area contributed by atoms with E-state index in [2.05, 4.69) is 15.0 Å². The van der Waals surface area contributed by atoms with Crippen LogP contribution >= 0.6 is 0 Å². The summed E-state index contributed by atoms with van der Waals surface area (Å²) in [5, 5.41) is 13.9. The molecule has 0 radical (unpaired) electrons. The minimum atomic E-state index is -0.981. The molecule has 0 aromatic carbocycles. The van der Waals surface area contributed by atoms with Gasteiger partial charge in [-0.1, -0.05) is 0 Å². The Bertz CT molecular complexity index is 697. The monoisotopic (exact) mass is 288 g/mol. The maximum atomic E-state index is 11.6. The number of piperidine rings is 1. The molecule has 2 saturated heterocycles. The number of carbonyl (C=O) groups is 1. The molecule has 2 aliphatic rings. The van der Waals surface area contributed by atoms with E-state index in [-0.39, 0.29) is 5.56 Å². The fourth-order valence-corrected chi connectivity index (χ4v) is 3.16. The fraction of sp³-hybridized carbons (Fsp3) is 0.500. The zero-order chi connectivity index (χ0) is 14.4. The summed E-state index contributed by atoms with van der Waals surface area (Å²) in [7, 11) is 0. The Morgan fingerprint density at radius 3 is 2.71 bits per heavy atom. The van der Waals surface area contributed by atoms with Crippen LogP contribution in [0.5, 0.6) is 0 Å². The molecule has 0 unspecified atom stereocenters. The van der Waals surface area contributed by atoms with Crippen LogP contribution in [-0.4, -0.2) is 52.0 Å². The van der Waals surface area contributed by atoms with Crippen molar-refractivity contribution < 1.29 is 14.6 Å². The lowest BCUT2D eigenvalue weighted by atomic mass is 9.77. The second-order valence-electron chi connectivity index (χ2n) is 5.87. The number of anilines is 1. The third-order valence-corrected chi connectivity index (χ3v) is 4.53. The highest BCUT2D eigenvalue weighted by atomic mass is 16.5. The van der Waals surface area contributed by atoms with Crippen molar-refractivity contribution in [3.05, 3.63) is 24.0 Å². The maximum Gasteiger partial charge on any atom is 0.343 e. The largest absolute Gasteiger partial charge is 0.477 e. The van der Waals surface area contributed by atoms with E-state index < -0.39 is 5.97 Å². The third kappa shape index (κ3) is 1.88. The van der Waals surface area contributed by atoms with Gasteiger partial charge < -0.3 is 14.7 Å². The Kier molecular flexibility index (Phi) is 2.65. The molecular formula is C14H16N4O3. The van der Waals surface area contributed by atoms with Gasteiger partial charge in [0.2, 0.25) is 0 Å². The first kappa shape index (κ1) is 12.6. The second kappa shape index (κ2) is 4.42.